The van der Waals surface area contributed by atoms with Gasteiger partial charge >= 0.3 is 0 Å². The van der Waals surface area contributed by atoms with Crippen molar-refractivity contribution in [3.63, 3.8) is 0 Å². The highest BCUT2D eigenvalue weighted by Gasteiger charge is 2.42. The third-order valence-electron chi connectivity index (χ3n) is 4.31. The molecular weight excluding hydrogens is 326 g/mol. The van der Waals surface area contributed by atoms with Crippen LogP contribution in [0, 0.1) is 6.92 Å². The summed E-state index contributed by atoms with van der Waals surface area (Å²) in [6.45, 7) is 3.52. The number of sulfonamides is 1. The van der Waals surface area contributed by atoms with E-state index in [4.69, 9.17) is 21.1 Å². The molecule has 7 heteroatoms. The number of halogens is 1. The predicted molar refractivity (Wildman–Crippen MR) is 83.7 cm³/mol. The molecule has 2 saturated heterocycles. The van der Waals surface area contributed by atoms with Crippen molar-refractivity contribution in [2.75, 3.05) is 19.8 Å². The Labute approximate surface area is 136 Å². The number of ether oxygens (including phenoxy) is 2. The first-order chi connectivity index (χ1) is 10.4. The van der Waals surface area contributed by atoms with Crippen molar-refractivity contribution in [1.82, 2.24) is 4.72 Å². The molecule has 122 valence electrons. The molecule has 1 aromatic rings. The van der Waals surface area contributed by atoms with Gasteiger partial charge < -0.3 is 9.47 Å². The van der Waals surface area contributed by atoms with Gasteiger partial charge in [0, 0.05) is 30.7 Å². The van der Waals surface area contributed by atoms with Crippen LogP contribution in [0.25, 0.3) is 0 Å². The second-order valence-electron chi connectivity index (χ2n) is 6.05. The first-order valence-electron chi connectivity index (χ1n) is 7.40. The standard InChI is InChI=1S/C15H20ClNO4S/c1-11-8-12(16)2-3-14(11)22(18,19)17-13-4-6-21-15(9-13)5-7-20-10-15/h2-3,8,13,17H,4-7,9-10H2,1H3/t13-,15-/m1/s1. The fourth-order valence-corrected chi connectivity index (χ4v) is 4.91. The van der Waals surface area contributed by atoms with E-state index in [1.807, 2.05) is 0 Å². The smallest absolute Gasteiger partial charge is 0.241 e. The molecule has 1 aromatic carbocycles. The molecule has 3 rings (SSSR count). The van der Waals surface area contributed by atoms with Crippen molar-refractivity contribution in [3.8, 4) is 0 Å². The van der Waals surface area contributed by atoms with E-state index in [9.17, 15) is 8.42 Å². The topological polar surface area (TPSA) is 64.6 Å². The van der Waals surface area contributed by atoms with Crippen LogP contribution in [0.1, 0.15) is 24.8 Å². The fourth-order valence-electron chi connectivity index (χ4n) is 3.19. The van der Waals surface area contributed by atoms with E-state index >= 15 is 0 Å². The van der Waals surface area contributed by atoms with Gasteiger partial charge in [-0.3, -0.25) is 0 Å². The minimum Gasteiger partial charge on any atom is -0.378 e. The van der Waals surface area contributed by atoms with Crippen molar-refractivity contribution in [3.05, 3.63) is 28.8 Å². The molecule has 0 unspecified atom stereocenters. The van der Waals surface area contributed by atoms with Crippen LogP contribution in [-0.2, 0) is 19.5 Å². The van der Waals surface area contributed by atoms with Crippen molar-refractivity contribution in [2.45, 2.75) is 42.7 Å². The van der Waals surface area contributed by atoms with Crippen LogP contribution >= 0.6 is 11.6 Å². The summed E-state index contributed by atoms with van der Waals surface area (Å²) in [4.78, 5) is 0.278. The van der Waals surface area contributed by atoms with Crippen LogP contribution in [0.3, 0.4) is 0 Å². The molecule has 0 bridgehead atoms. The van der Waals surface area contributed by atoms with Gasteiger partial charge in [-0.2, -0.15) is 0 Å². The lowest BCUT2D eigenvalue weighted by atomic mass is 9.90. The van der Waals surface area contributed by atoms with Crippen molar-refractivity contribution < 1.29 is 17.9 Å². The summed E-state index contributed by atoms with van der Waals surface area (Å²) in [5.41, 5.74) is 0.325. The zero-order chi connectivity index (χ0) is 15.8. The highest BCUT2D eigenvalue weighted by molar-refractivity contribution is 7.89. The lowest BCUT2D eigenvalue weighted by Crippen LogP contribution is -2.49. The largest absolute Gasteiger partial charge is 0.378 e. The number of nitrogens with one attached hydrogen (secondary N) is 1. The summed E-state index contributed by atoms with van der Waals surface area (Å²) in [6.07, 6.45) is 2.15. The number of benzene rings is 1. The van der Waals surface area contributed by atoms with E-state index in [2.05, 4.69) is 4.72 Å². The molecule has 2 fully saturated rings. The maximum Gasteiger partial charge on any atom is 0.241 e. The molecule has 2 heterocycles. The summed E-state index contributed by atoms with van der Waals surface area (Å²) < 4.78 is 39.3. The first kappa shape index (κ1) is 16.2. The van der Waals surface area contributed by atoms with Gasteiger partial charge in [-0.1, -0.05) is 11.6 Å². The average Bonchev–Trinajstić information content (AvgIpc) is 2.85. The highest BCUT2D eigenvalue weighted by Crippen LogP contribution is 2.33. The van der Waals surface area contributed by atoms with E-state index in [-0.39, 0.29) is 16.5 Å². The van der Waals surface area contributed by atoms with Gasteiger partial charge in [-0.15, -0.1) is 0 Å². The molecule has 0 radical (unpaired) electrons. The fraction of sp³-hybridized carbons (Fsp3) is 0.600. The zero-order valence-electron chi connectivity index (χ0n) is 12.5. The molecular formula is C15H20ClNO4S. The summed E-state index contributed by atoms with van der Waals surface area (Å²) >= 11 is 5.90. The van der Waals surface area contributed by atoms with Crippen LogP contribution in [0.2, 0.25) is 5.02 Å². The van der Waals surface area contributed by atoms with Gasteiger partial charge in [-0.25, -0.2) is 13.1 Å². The van der Waals surface area contributed by atoms with Crippen molar-refractivity contribution in [2.24, 2.45) is 0 Å². The summed E-state index contributed by atoms with van der Waals surface area (Å²) in [5, 5.41) is 0.532. The van der Waals surface area contributed by atoms with E-state index in [1.165, 1.54) is 0 Å². The molecule has 2 aliphatic rings. The quantitative estimate of drug-likeness (QED) is 0.912. The molecule has 2 atom stereocenters. The number of aryl methyl sites for hydroxylation is 1. The maximum atomic E-state index is 12.6. The normalized spacial score (nSPS) is 29.1. The monoisotopic (exact) mass is 345 g/mol. The second-order valence-corrected chi connectivity index (χ2v) is 8.17. The second kappa shape index (κ2) is 6.09. The van der Waals surface area contributed by atoms with Crippen LogP contribution in [0.4, 0.5) is 0 Å². The Balaban J connectivity index is 1.76. The minimum atomic E-state index is -3.56. The van der Waals surface area contributed by atoms with Crippen LogP contribution < -0.4 is 4.72 Å². The summed E-state index contributed by atoms with van der Waals surface area (Å²) in [7, 11) is -3.56. The van der Waals surface area contributed by atoms with Gasteiger partial charge in [0.05, 0.1) is 17.1 Å². The first-order valence-corrected chi connectivity index (χ1v) is 9.27. The molecule has 0 saturated carbocycles. The van der Waals surface area contributed by atoms with E-state index in [0.717, 1.165) is 6.42 Å². The summed E-state index contributed by atoms with van der Waals surface area (Å²) in [6, 6.07) is 4.68. The number of rotatable bonds is 3. The molecule has 0 aliphatic carbocycles. The van der Waals surface area contributed by atoms with Crippen LogP contribution in [-0.4, -0.2) is 39.9 Å². The van der Waals surface area contributed by atoms with Gasteiger partial charge in [0.1, 0.15) is 0 Å². The molecule has 0 aromatic heterocycles. The van der Waals surface area contributed by atoms with Crippen molar-refractivity contribution in [1.29, 1.82) is 0 Å². The van der Waals surface area contributed by atoms with Crippen LogP contribution in [0.15, 0.2) is 23.1 Å². The SMILES string of the molecule is Cc1cc(Cl)ccc1S(=O)(=O)N[C@@H]1CCO[C@]2(CCOC2)C1. The lowest BCUT2D eigenvalue weighted by molar-refractivity contribution is -0.0868. The number of hydrogen-bond donors (Lipinski definition) is 1. The van der Waals surface area contributed by atoms with Crippen LogP contribution in [0.5, 0.6) is 0 Å². The summed E-state index contributed by atoms with van der Waals surface area (Å²) in [5.74, 6) is 0. The lowest BCUT2D eigenvalue weighted by Gasteiger charge is -2.37. The Morgan fingerprint density at radius 2 is 2.18 bits per heavy atom. The van der Waals surface area contributed by atoms with E-state index in [1.54, 1.807) is 25.1 Å². The Morgan fingerprint density at radius 3 is 2.86 bits per heavy atom. The molecule has 1 spiro atoms. The Kier molecular flexibility index (Phi) is 4.49. The van der Waals surface area contributed by atoms with Gasteiger partial charge in [0.25, 0.3) is 0 Å². The average molecular weight is 346 g/mol. The molecule has 1 N–H and O–H groups in total. The predicted octanol–water partition coefficient (Wildman–Crippen LogP) is 2.26. The molecule has 0 amide bonds. The highest BCUT2D eigenvalue weighted by atomic mass is 35.5. The van der Waals surface area contributed by atoms with E-state index in [0.29, 0.717) is 43.2 Å². The van der Waals surface area contributed by atoms with Gasteiger partial charge in [-0.05, 0) is 43.5 Å². The number of hydrogen-bond acceptors (Lipinski definition) is 4. The minimum absolute atomic E-state index is 0.129. The van der Waals surface area contributed by atoms with Gasteiger partial charge in [0.15, 0.2) is 0 Å². The Bertz CT molecular complexity index is 656. The Hall–Kier alpha value is -0.660. The Morgan fingerprint density at radius 1 is 1.36 bits per heavy atom. The third-order valence-corrected chi connectivity index (χ3v) is 6.22. The van der Waals surface area contributed by atoms with E-state index < -0.39 is 10.0 Å². The zero-order valence-corrected chi connectivity index (χ0v) is 14.0. The molecule has 2 aliphatic heterocycles. The molecule has 22 heavy (non-hydrogen) atoms. The van der Waals surface area contributed by atoms with Crippen molar-refractivity contribution >= 4 is 21.6 Å². The van der Waals surface area contributed by atoms with Gasteiger partial charge in [0.2, 0.25) is 10.0 Å². The third kappa shape index (κ3) is 3.31. The maximum absolute atomic E-state index is 12.6. The molecule has 5 nitrogen and oxygen atoms in total.